The number of rotatable bonds is 4. The van der Waals surface area contributed by atoms with Gasteiger partial charge in [-0.25, -0.2) is 0 Å². The summed E-state index contributed by atoms with van der Waals surface area (Å²) in [4.78, 5) is 12.5. The van der Waals surface area contributed by atoms with E-state index >= 15 is 0 Å². The van der Waals surface area contributed by atoms with E-state index in [9.17, 15) is 4.79 Å². The summed E-state index contributed by atoms with van der Waals surface area (Å²) < 4.78 is 5.73. The van der Waals surface area contributed by atoms with Crippen molar-refractivity contribution in [2.24, 2.45) is 0 Å². The highest BCUT2D eigenvalue weighted by molar-refractivity contribution is 6.30. The Bertz CT molecular complexity index is 937. The quantitative estimate of drug-likeness (QED) is 0.596. The molecule has 1 aliphatic heterocycles. The van der Waals surface area contributed by atoms with Crippen LogP contribution in [0.25, 0.3) is 11.3 Å². The summed E-state index contributed by atoms with van der Waals surface area (Å²) in [5.74, 6) is -0.251. The van der Waals surface area contributed by atoms with Gasteiger partial charge in [0.25, 0.3) is 5.91 Å². The van der Waals surface area contributed by atoms with Crippen LogP contribution in [0.5, 0.6) is 0 Å². The van der Waals surface area contributed by atoms with Gasteiger partial charge >= 0.3 is 0 Å². The topological polar surface area (TPSA) is 79.0 Å². The summed E-state index contributed by atoms with van der Waals surface area (Å²) in [6.45, 7) is 2.38. The molecule has 1 fully saturated rings. The van der Waals surface area contributed by atoms with Crippen LogP contribution >= 0.6 is 24.0 Å². The number of H-pyrrole nitrogens is 1. The Balaban J connectivity index is 0.00000225. The van der Waals surface area contributed by atoms with Crippen molar-refractivity contribution < 1.29 is 9.53 Å². The molecule has 3 aromatic rings. The smallest absolute Gasteiger partial charge is 0.273 e. The van der Waals surface area contributed by atoms with Crippen LogP contribution in [0, 0.1) is 0 Å². The molecular formula is C20H20Cl2N4O2. The predicted molar refractivity (Wildman–Crippen MR) is 112 cm³/mol. The zero-order valence-corrected chi connectivity index (χ0v) is 16.5. The van der Waals surface area contributed by atoms with Crippen molar-refractivity contribution in [1.29, 1.82) is 0 Å². The second-order valence-corrected chi connectivity index (χ2v) is 6.75. The number of hydrogen-bond acceptors (Lipinski definition) is 4. The summed E-state index contributed by atoms with van der Waals surface area (Å²) in [6, 6.07) is 16.7. The molecule has 8 heteroatoms. The molecule has 1 saturated heterocycles. The lowest BCUT2D eigenvalue weighted by Crippen LogP contribution is -2.33. The van der Waals surface area contributed by atoms with Gasteiger partial charge in [0.05, 0.1) is 18.4 Å². The number of carbonyl (C=O) groups excluding carboxylic acids is 1. The summed E-state index contributed by atoms with van der Waals surface area (Å²) >= 11 is 6.01. The normalized spacial score (nSPS) is 16.2. The molecule has 1 amide bonds. The SMILES string of the molecule is Cl.O=C(Nc1ccc([C@@H]2CNCCO2)cc1)c1cc(-c2cccc(Cl)c2)n[nH]1. The summed E-state index contributed by atoms with van der Waals surface area (Å²) in [7, 11) is 0. The number of anilines is 1. The number of morpholine rings is 1. The van der Waals surface area contributed by atoms with Crippen LogP contribution in [0.15, 0.2) is 54.6 Å². The van der Waals surface area contributed by atoms with Crippen LogP contribution < -0.4 is 10.6 Å². The molecule has 146 valence electrons. The second-order valence-electron chi connectivity index (χ2n) is 6.32. The monoisotopic (exact) mass is 418 g/mol. The van der Waals surface area contributed by atoms with Crippen molar-refractivity contribution in [2.45, 2.75) is 6.10 Å². The summed E-state index contributed by atoms with van der Waals surface area (Å²) in [5, 5.41) is 13.8. The molecule has 6 nitrogen and oxygen atoms in total. The minimum absolute atomic E-state index is 0. The minimum atomic E-state index is -0.251. The van der Waals surface area contributed by atoms with Crippen molar-refractivity contribution >= 4 is 35.6 Å². The molecule has 0 spiro atoms. The first-order valence-electron chi connectivity index (χ1n) is 8.74. The fraction of sp³-hybridized carbons (Fsp3) is 0.200. The van der Waals surface area contributed by atoms with Crippen molar-refractivity contribution in [2.75, 3.05) is 25.0 Å². The first-order chi connectivity index (χ1) is 13.2. The molecule has 2 aromatic carbocycles. The molecule has 0 radical (unpaired) electrons. The number of carbonyl (C=O) groups is 1. The molecule has 2 heterocycles. The third-order valence-corrected chi connectivity index (χ3v) is 4.65. The summed E-state index contributed by atoms with van der Waals surface area (Å²) in [5.41, 5.74) is 3.70. The highest BCUT2D eigenvalue weighted by Gasteiger charge is 2.16. The number of aromatic amines is 1. The van der Waals surface area contributed by atoms with Gasteiger partial charge in [-0.2, -0.15) is 5.10 Å². The van der Waals surface area contributed by atoms with Gasteiger partial charge in [0.2, 0.25) is 0 Å². The van der Waals surface area contributed by atoms with E-state index in [0.29, 0.717) is 28.7 Å². The number of amides is 1. The lowest BCUT2D eigenvalue weighted by Gasteiger charge is -2.24. The van der Waals surface area contributed by atoms with Gasteiger partial charge in [0, 0.05) is 29.4 Å². The molecule has 0 unspecified atom stereocenters. The molecule has 0 bridgehead atoms. The maximum atomic E-state index is 12.5. The van der Waals surface area contributed by atoms with Crippen LogP contribution in [0.1, 0.15) is 22.2 Å². The molecule has 1 atom stereocenters. The van der Waals surface area contributed by atoms with E-state index in [0.717, 1.165) is 24.2 Å². The lowest BCUT2D eigenvalue weighted by atomic mass is 10.1. The van der Waals surface area contributed by atoms with Gasteiger partial charge in [0.15, 0.2) is 0 Å². The number of nitrogens with zero attached hydrogens (tertiary/aromatic N) is 1. The molecule has 3 N–H and O–H groups in total. The molecule has 28 heavy (non-hydrogen) atoms. The molecule has 1 aromatic heterocycles. The zero-order chi connectivity index (χ0) is 18.6. The standard InChI is InChI=1S/C20H19ClN4O2.ClH/c21-15-3-1-2-14(10-15)17-11-18(25-24-17)20(26)23-16-6-4-13(5-7-16)19-12-22-8-9-27-19;/h1-7,10-11,19,22H,8-9,12H2,(H,23,26)(H,24,25);1H/t19-;/m0./s1. The van der Waals surface area contributed by atoms with E-state index in [1.807, 2.05) is 36.4 Å². The molecule has 1 aliphatic rings. The van der Waals surface area contributed by atoms with Crippen molar-refractivity contribution in [3.8, 4) is 11.3 Å². The lowest BCUT2D eigenvalue weighted by molar-refractivity contribution is 0.0277. The van der Waals surface area contributed by atoms with Crippen molar-refractivity contribution in [3.63, 3.8) is 0 Å². The molecule has 0 aliphatic carbocycles. The first-order valence-corrected chi connectivity index (χ1v) is 9.12. The number of nitrogens with one attached hydrogen (secondary N) is 3. The Morgan fingerprint density at radius 2 is 2.00 bits per heavy atom. The number of aromatic nitrogens is 2. The molecule has 0 saturated carbocycles. The summed E-state index contributed by atoms with van der Waals surface area (Å²) in [6.07, 6.45) is 0.0522. The number of benzene rings is 2. The van der Waals surface area contributed by atoms with Crippen LogP contribution in [-0.2, 0) is 4.74 Å². The van der Waals surface area contributed by atoms with Crippen molar-refractivity contribution in [3.05, 3.63) is 70.9 Å². The fourth-order valence-electron chi connectivity index (χ4n) is 2.99. The fourth-order valence-corrected chi connectivity index (χ4v) is 3.18. The van der Waals surface area contributed by atoms with Crippen LogP contribution in [0.2, 0.25) is 5.02 Å². The Labute approximate surface area is 174 Å². The minimum Gasteiger partial charge on any atom is -0.371 e. The third kappa shape index (κ3) is 4.72. The van der Waals surface area contributed by atoms with Crippen LogP contribution in [0.4, 0.5) is 5.69 Å². The van der Waals surface area contributed by atoms with Crippen molar-refractivity contribution in [1.82, 2.24) is 15.5 Å². The van der Waals surface area contributed by atoms with Crippen LogP contribution in [-0.4, -0.2) is 35.8 Å². The highest BCUT2D eigenvalue weighted by atomic mass is 35.5. The zero-order valence-electron chi connectivity index (χ0n) is 14.9. The van der Waals surface area contributed by atoms with E-state index in [2.05, 4.69) is 20.8 Å². The molecular weight excluding hydrogens is 399 g/mol. The highest BCUT2D eigenvalue weighted by Crippen LogP contribution is 2.23. The van der Waals surface area contributed by atoms with E-state index in [1.165, 1.54) is 0 Å². The van der Waals surface area contributed by atoms with Gasteiger partial charge in [-0.1, -0.05) is 35.9 Å². The maximum Gasteiger partial charge on any atom is 0.273 e. The number of halogens is 2. The average Bonchev–Trinajstić information content (AvgIpc) is 3.20. The Morgan fingerprint density at radius 1 is 1.18 bits per heavy atom. The van der Waals surface area contributed by atoms with Gasteiger partial charge in [-0.05, 0) is 35.9 Å². The van der Waals surface area contributed by atoms with E-state index < -0.39 is 0 Å². The van der Waals surface area contributed by atoms with Crippen LogP contribution in [0.3, 0.4) is 0 Å². The Kier molecular flexibility index (Phi) is 6.70. The van der Waals surface area contributed by atoms with Gasteiger partial charge < -0.3 is 15.4 Å². The maximum absolute atomic E-state index is 12.5. The number of hydrogen-bond donors (Lipinski definition) is 3. The Hall–Kier alpha value is -2.38. The second kappa shape index (κ2) is 9.21. The largest absolute Gasteiger partial charge is 0.371 e. The van der Waals surface area contributed by atoms with E-state index in [4.69, 9.17) is 16.3 Å². The first kappa shape index (κ1) is 20.4. The van der Waals surface area contributed by atoms with Gasteiger partial charge in [-0.3, -0.25) is 9.89 Å². The van der Waals surface area contributed by atoms with E-state index in [-0.39, 0.29) is 24.4 Å². The Morgan fingerprint density at radius 3 is 2.71 bits per heavy atom. The predicted octanol–water partition coefficient (Wildman–Crippen LogP) is 4.07. The third-order valence-electron chi connectivity index (χ3n) is 4.41. The van der Waals surface area contributed by atoms with E-state index in [1.54, 1.807) is 18.2 Å². The molecule has 4 rings (SSSR count). The number of ether oxygens (including phenoxy) is 1. The van der Waals surface area contributed by atoms with Gasteiger partial charge in [-0.15, -0.1) is 12.4 Å². The van der Waals surface area contributed by atoms with Gasteiger partial charge in [0.1, 0.15) is 5.69 Å². The average molecular weight is 419 g/mol.